The van der Waals surface area contributed by atoms with Crippen LogP contribution in [0.1, 0.15) is 42.8 Å². The average Bonchev–Trinajstić information content (AvgIpc) is 2.37. The van der Waals surface area contributed by atoms with Crippen LogP contribution in [-0.2, 0) is 4.74 Å². The third-order valence-electron chi connectivity index (χ3n) is 3.05. The molecule has 1 unspecified atom stereocenters. The molecule has 22 heavy (non-hydrogen) atoms. The first-order chi connectivity index (χ1) is 9.96. The number of hydrogen-bond donors (Lipinski definition) is 1. The van der Waals surface area contributed by atoms with Gasteiger partial charge in [-0.1, -0.05) is 26.8 Å². The molecule has 122 valence electrons. The first-order valence-electron chi connectivity index (χ1n) is 6.62. The summed E-state index contributed by atoms with van der Waals surface area (Å²) in [6.45, 7) is 5.18. The summed E-state index contributed by atoms with van der Waals surface area (Å²) in [7, 11) is 2.83. The molecule has 0 bridgehead atoms. The van der Waals surface area contributed by atoms with Gasteiger partial charge in [-0.05, 0) is 6.07 Å². The molecular formula is C15H20F2N2O3. The number of ether oxygens (including phenoxy) is 1. The van der Waals surface area contributed by atoms with Crippen LogP contribution in [0.15, 0.2) is 12.1 Å². The Morgan fingerprint density at radius 2 is 1.77 bits per heavy atom. The molecule has 1 aromatic carbocycles. The number of hydrogen-bond acceptors (Lipinski definition) is 3. The van der Waals surface area contributed by atoms with E-state index in [0.29, 0.717) is 0 Å². The van der Waals surface area contributed by atoms with Gasteiger partial charge in [-0.2, -0.15) is 0 Å². The Labute approximate surface area is 128 Å². The standard InChI is InChI=1S/C15H20F2N2O3/c1-15(2,3)12(22-14(18)21)8-6-7-9(16)11(17)10(8)13(20)19(4)5/h6-7,12H,1-5H3,(H2,18,21). The van der Waals surface area contributed by atoms with Crippen molar-refractivity contribution in [2.75, 3.05) is 14.1 Å². The minimum atomic E-state index is -1.28. The topological polar surface area (TPSA) is 72.6 Å². The number of benzene rings is 1. The van der Waals surface area contributed by atoms with E-state index in [1.807, 2.05) is 0 Å². The number of amides is 2. The molecule has 0 spiro atoms. The molecule has 0 aromatic heterocycles. The number of nitrogens with zero attached hydrogens (tertiary/aromatic N) is 1. The van der Waals surface area contributed by atoms with Gasteiger partial charge < -0.3 is 15.4 Å². The number of rotatable bonds is 3. The summed E-state index contributed by atoms with van der Waals surface area (Å²) in [6.07, 6.45) is -2.06. The van der Waals surface area contributed by atoms with Gasteiger partial charge in [0.25, 0.3) is 5.91 Å². The van der Waals surface area contributed by atoms with Crippen molar-refractivity contribution in [1.82, 2.24) is 4.90 Å². The zero-order chi connectivity index (χ0) is 17.2. The predicted molar refractivity (Wildman–Crippen MR) is 77.2 cm³/mol. The van der Waals surface area contributed by atoms with Crippen LogP contribution in [-0.4, -0.2) is 31.0 Å². The second kappa shape index (κ2) is 6.29. The maximum Gasteiger partial charge on any atom is 0.405 e. The first kappa shape index (κ1) is 17.9. The van der Waals surface area contributed by atoms with Gasteiger partial charge in [-0.25, -0.2) is 13.6 Å². The molecule has 0 saturated heterocycles. The molecule has 1 atom stereocenters. The van der Waals surface area contributed by atoms with Crippen molar-refractivity contribution in [3.05, 3.63) is 34.9 Å². The highest BCUT2D eigenvalue weighted by Gasteiger charge is 2.35. The predicted octanol–water partition coefficient (Wildman–Crippen LogP) is 2.85. The zero-order valence-electron chi connectivity index (χ0n) is 13.2. The van der Waals surface area contributed by atoms with Crippen LogP contribution in [0.25, 0.3) is 0 Å². The maximum absolute atomic E-state index is 14.2. The van der Waals surface area contributed by atoms with Crippen LogP contribution in [0, 0.1) is 17.0 Å². The number of halogens is 2. The minimum Gasteiger partial charge on any atom is -0.441 e. The molecule has 0 heterocycles. The SMILES string of the molecule is CN(C)C(=O)c1c(C(OC(N)=O)C(C)(C)C)ccc(F)c1F. The van der Waals surface area contributed by atoms with E-state index in [2.05, 4.69) is 0 Å². The zero-order valence-corrected chi connectivity index (χ0v) is 13.2. The highest BCUT2D eigenvalue weighted by atomic mass is 19.2. The molecule has 2 N–H and O–H groups in total. The highest BCUT2D eigenvalue weighted by molar-refractivity contribution is 5.96. The number of carbonyl (C=O) groups excluding carboxylic acids is 2. The van der Waals surface area contributed by atoms with Crippen molar-refractivity contribution in [3.63, 3.8) is 0 Å². The van der Waals surface area contributed by atoms with Gasteiger partial charge in [0.1, 0.15) is 6.10 Å². The number of primary amides is 1. The quantitative estimate of drug-likeness (QED) is 0.932. The number of nitrogens with two attached hydrogens (primary N) is 1. The number of carbonyl (C=O) groups is 2. The maximum atomic E-state index is 14.2. The third-order valence-corrected chi connectivity index (χ3v) is 3.05. The molecule has 1 aromatic rings. The first-order valence-corrected chi connectivity index (χ1v) is 6.62. The lowest BCUT2D eigenvalue weighted by molar-refractivity contribution is 0.0344. The van der Waals surface area contributed by atoms with Crippen LogP contribution in [0.2, 0.25) is 0 Å². The Kier molecular flexibility index (Phi) is 5.11. The van der Waals surface area contributed by atoms with Crippen LogP contribution in [0.5, 0.6) is 0 Å². The van der Waals surface area contributed by atoms with E-state index in [1.165, 1.54) is 20.2 Å². The van der Waals surface area contributed by atoms with Gasteiger partial charge in [0.15, 0.2) is 11.6 Å². The van der Waals surface area contributed by atoms with Crippen LogP contribution in [0.4, 0.5) is 13.6 Å². The summed E-state index contributed by atoms with van der Waals surface area (Å²) in [5, 5.41) is 0. The monoisotopic (exact) mass is 314 g/mol. The van der Waals surface area contributed by atoms with Crippen LogP contribution >= 0.6 is 0 Å². The molecule has 0 aliphatic rings. The Morgan fingerprint density at radius 3 is 2.18 bits per heavy atom. The van der Waals surface area contributed by atoms with Gasteiger partial charge in [-0.15, -0.1) is 0 Å². The van der Waals surface area contributed by atoms with Crippen molar-refractivity contribution in [2.45, 2.75) is 26.9 Å². The van der Waals surface area contributed by atoms with Crippen molar-refractivity contribution < 1.29 is 23.1 Å². The summed E-state index contributed by atoms with van der Waals surface area (Å²) in [5.74, 6) is -3.16. The fraction of sp³-hybridized carbons (Fsp3) is 0.467. The van der Waals surface area contributed by atoms with E-state index in [4.69, 9.17) is 10.5 Å². The van der Waals surface area contributed by atoms with E-state index >= 15 is 0 Å². The molecular weight excluding hydrogens is 294 g/mol. The fourth-order valence-electron chi connectivity index (χ4n) is 2.05. The van der Waals surface area contributed by atoms with Crippen molar-refractivity contribution >= 4 is 12.0 Å². The van der Waals surface area contributed by atoms with Crippen molar-refractivity contribution in [1.29, 1.82) is 0 Å². The molecule has 2 amide bonds. The molecule has 0 fully saturated rings. The molecule has 5 nitrogen and oxygen atoms in total. The van der Waals surface area contributed by atoms with E-state index in [0.717, 1.165) is 11.0 Å². The lowest BCUT2D eigenvalue weighted by Gasteiger charge is -2.31. The Morgan fingerprint density at radius 1 is 1.23 bits per heavy atom. The van der Waals surface area contributed by atoms with Crippen molar-refractivity contribution in [2.24, 2.45) is 11.1 Å². The van der Waals surface area contributed by atoms with Gasteiger partial charge in [0.05, 0.1) is 5.56 Å². The Balaban J connectivity index is 3.59. The second-order valence-corrected chi connectivity index (χ2v) is 6.21. The highest BCUT2D eigenvalue weighted by Crippen LogP contribution is 2.39. The average molecular weight is 314 g/mol. The Hall–Kier alpha value is -2.18. The van der Waals surface area contributed by atoms with Gasteiger partial charge >= 0.3 is 6.09 Å². The van der Waals surface area contributed by atoms with E-state index in [1.54, 1.807) is 20.8 Å². The lowest BCUT2D eigenvalue weighted by Crippen LogP contribution is -2.31. The lowest BCUT2D eigenvalue weighted by atomic mass is 9.82. The van der Waals surface area contributed by atoms with Gasteiger partial charge in [0, 0.05) is 25.1 Å². The fourth-order valence-corrected chi connectivity index (χ4v) is 2.05. The molecule has 1 rings (SSSR count). The van der Waals surface area contributed by atoms with E-state index in [9.17, 15) is 18.4 Å². The summed E-state index contributed by atoms with van der Waals surface area (Å²) < 4.78 is 32.7. The molecule has 0 radical (unpaired) electrons. The Bertz CT molecular complexity index is 595. The van der Waals surface area contributed by atoms with Crippen LogP contribution < -0.4 is 5.73 Å². The summed E-state index contributed by atoms with van der Waals surface area (Å²) in [5.41, 5.74) is 3.98. The van der Waals surface area contributed by atoms with Crippen molar-refractivity contribution in [3.8, 4) is 0 Å². The minimum absolute atomic E-state index is 0.0731. The second-order valence-electron chi connectivity index (χ2n) is 6.21. The molecule has 0 aliphatic heterocycles. The summed E-state index contributed by atoms with van der Waals surface area (Å²) in [4.78, 5) is 24.5. The largest absolute Gasteiger partial charge is 0.441 e. The van der Waals surface area contributed by atoms with Gasteiger partial charge in [-0.3, -0.25) is 4.79 Å². The molecule has 0 saturated carbocycles. The molecule has 0 aliphatic carbocycles. The third kappa shape index (κ3) is 3.72. The van der Waals surface area contributed by atoms with Crippen LogP contribution in [0.3, 0.4) is 0 Å². The smallest absolute Gasteiger partial charge is 0.405 e. The van der Waals surface area contributed by atoms with Gasteiger partial charge in [0.2, 0.25) is 0 Å². The summed E-state index contributed by atoms with van der Waals surface area (Å²) >= 11 is 0. The summed E-state index contributed by atoms with van der Waals surface area (Å²) in [6, 6.07) is 2.12. The van der Waals surface area contributed by atoms with E-state index < -0.39 is 40.7 Å². The van der Waals surface area contributed by atoms with E-state index in [-0.39, 0.29) is 5.56 Å². The normalized spacial score (nSPS) is 12.7. The molecule has 7 heteroatoms.